The second-order valence-corrected chi connectivity index (χ2v) is 9.17. The maximum Gasteiger partial charge on any atom is 0.253 e. The van der Waals surface area contributed by atoms with Crippen LogP contribution in [0.4, 0.5) is 27.5 Å². The Kier molecular flexibility index (Phi) is 7.37. The van der Waals surface area contributed by atoms with E-state index in [1.54, 1.807) is 24.4 Å². The van der Waals surface area contributed by atoms with Crippen molar-refractivity contribution in [3.63, 3.8) is 0 Å². The zero-order chi connectivity index (χ0) is 25.6. The van der Waals surface area contributed by atoms with Crippen LogP contribution in [0.1, 0.15) is 34.8 Å². The molecule has 0 bridgehead atoms. The number of nitrogens with zero attached hydrogens (tertiary/aromatic N) is 3. The van der Waals surface area contributed by atoms with Gasteiger partial charge in [-0.1, -0.05) is 30.3 Å². The van der Waals surface area contributed by atoms with Gasteiger partial charge in [0.15, 0.2) is 0 Å². The molecule has 0 aliphatic carbocycles. The van der Waals surface area contributed by atoms with Gasteiger partial charge in [0.05, 0.1) is 0 Å². The minimum Gasteiger partial charge on any atom is -0.340 e. The van der Waals surface area contributed by atoms with Crippen molar-refractivity contribution in [3.8, 4) is 0 Å². The number of nitrogens with two attached hydrogens (primary N) is 1. The summed E-state index contributed by atoms with van der Waals surface area (Å²) in [7, 11) is 0. The first-order valence-corrected chi connectivity index (χ1v) is 12.4. The molecule has 1 amide bonds. The zero-order valence-electron chi connectivity index (χ0n) is 20.3. The highest BCUT2D eigenvalue weighted by molar-refractivity contribution is 5.94. The number of amides is 1. The van der Waals surface area contributed by atoms with E-state index in [9.17, 15) is 9.18 Å². The number of anilines is 4. The lowest BCUT2D eigenvalue weighted by Gasteiger charge is -2.35. The van der Waals surface area contributed by atoms with Gasteiger partial charge in [0, 0.05) is 42.3 Å². The summed E-state index contributed by atoms with van der Waals surface area (Å²) in [6.45, 7) is 1.40. The highest BCUT2D eigenvalue weighted by Crippen LogP contribution is 2.29. The molecule has 1 atom stereocenters. The van der Waals surface area contributed by atoms with E-state index in [0.29, 0.717) is 36.3 Å². The molecule has 1 aliphatic rings. The predicted octanol–water partition coefficient (Wildman–Crippen LogP) is 5.66. The van der Waals surface area contributed by atoms with Gasteiger partial charge < -0.3 is 21.3 Å². The number of likely N-dealkylation sites (tertiary alicyclic amines) is 1. The van der Waals surface area contributed by atoms with Gasteiger partial charge in [0.1, 0.15) is 11.6 Å². The van der Waals surface area contributed by atoms with E-state index < -0.39 is 0 Å². The lowest BCUT2D eigenvalue weighted by molar-refractivity contribution is 0.0678. The first-order valence-electron chi connectivity index (χ1n) is 12.4. The normalized spacial score (nSPS) is 14.7. The van der Waals surface area contributed by atoms with Crippen LogP contribution in [0.2, 0.25) is 0 Å². The molecule has 8 heteroatoms. The van der Waals surface area contributed by atoms with E-state index in [0.717, 1.165) is 29.8 Å². The third-order valence-corrected chi connectivity index (χ3v) is 6.68. The minimum absolute atomic E-state index is 0.00424. The van der Waals surface area contributed by atoms with Crippen molar-refractivity contribution >= 4 is 29.0 Å². The number of hydrogen-bond acceptors (Lipinski definition) is 6. The topological polar surface area (TPSA) is 96.2 Å². The Morgan fingerprint density at radius 2 is 1.54 bits per heavy atom. The number of aromatic nitrogens is 2. The molecule has 1 aromatic heterocycles. The number of rotatable bonds is 7. The Hall–Kier alpha value is -4.30. The standard InChI is InChI=1S/C29H29FN6O/c30-23-8-12-24(13-9-23)33-26-14-17-32-29(35-26)34-25-10-6-22(7-11-25)28(37)36-18-15-21(16-19-36)27(31)20-4-2-1-3-5-20/h1-14,17,21,27H,15-16,18-19,31H2,(H2,32,33,34,35)/t27-/m1/s1. The molecular weight excluding hydrogens is 467 g/mol. The summed E-state index contributed by atoms with van der Waals surface area (Å²) in [5, 5.41) is 6.28. The van der Waals surface area contributed by atoms with Crippen LogP contribution in [-0.4, -0.2) is 33.9 Å². The second-order valence-electron chi connectivity index (χ2n) is 9.17. The number of carbonyl (C=O) groups excluding carboxylic acids is 1. The summed E-state index contributed by atoms with van der Waals surface area (Å²) in [5.74, 6) is 1.08. The molecule has 0 radical (unpaired) electrons. The Morgan fingerprint density at radius 1 is 0.892 bits per heavy atom. The number of carbonyl (C=O) groups is 1. The Labute approximate surface area is 215 Å². The molecule has 1 fully saturated rings. The number of piperidine rings is 1. The lowest BCUT2D eigenvalue weighted by Crippen LogP contribution is -2.41. The molecule has 2 heterocycles. The van der Waals surface area contributed by atoms with E-state index >= 15 is 0 Å². The van der Waals surface area contributed by atoms with E-state index in [4.69, 9.17) is 5.73 Å². The third kappa shape index (κ3) is 6.10. The van der Waals surface area contributed by atoms with Crippen molar-refractivity contribution in [2.75, 3.05) is 23.7 Å². The molecule has 0 saturated carbocycles. The Bertz CT molecular complexity index is 1320. The summed E-state index contributed by atoms with van der Waals surface area (Å²) in [4.78, 5) is 23.7. The van der Waals surface area contributed by atoms with Gasteiger partial charge in [-0.25, -0.2) is 9.37 Å². The molecule has 188 valence electrons. The highest BCUT2D eigenvalue weighted by Gasteiger charge is 2.27. The van der Waals surface area contributed by atoms with Crippen LogP contribution in [0.3, 0.4) is 0 Å². The monoisotopic (exact) mass is 496 g/mol. The van der Waals surface area contributed by atoms with E-state index in [1.807, 2.05) is 47.4 Å². The fourth-order valence-corrected chi connectivity index (χ4v) is 4.59. The molecule has 0 unspecified atom stereocenters. The molecular formula is C29H29FN6O. The average Bonchev–Trinajstić information content (AvgIpc) is 2.95. The second kappa shape index (κ2) is 11.2. The molecule has 5 rings (SSSR count). The first-order chi connectivity index (χ1) is 18.0. The number of benzene rings is 3. The smallest absolute Gasteiger partial charge is 0.253 e. The van der Waals surface area contributed by atoms with Crippen molar-refractivity contribution in [3.05, 3.63) is 108 Å². The summed E-state index contributed by atoms with van der Waals surface area (Å²) in [5.41, 5.74) is 9.78. The van der Waals surface area contributed by atoms with Crippen molar-refractivity contribution in [2.24, 2.45) is 11.7 Å². The zero-order valence-corrected chi connectivity index (χ0v) is 20.3. The summed E-state index contributed by atoms with van der Waals surface area (Å²) < 4.78 is 13.1. The van der Waals surface area contributed by atoms with Gasteiger partial charge in [0.2, 0.25) is 5.95 Å². The van der Waals surface area contributed by atoms with Crippen molar-refractivity contribution in [2.45, 2.75) is 18.9 Å². The molecule has 0 spiro atoms. The fraction of sp³-hybridized carbons (Fsp3) is 0.207. The molecule has 7 nitrogen and oxygen atoms in total. The van der Waals surface area contributed by atoms with Gasteiger partial charge in [-0.3, -0.25) is 4.79 Å². The van der Waals surface area contributed by atoms with Gasteiger partial charge >= 0.3 is 0 Å². The van der Waals surface area contributed by atoms with Gasteiger partial charge in [0.25, 0.3) is 5.91 Å². The molecule has 3 aromatic carbocycles. The summed E-state index contributed by atoms with van der Waals surface area (Å²) >= 11 is 0. The van der Waals surface area contributed by atoms with E-state index in [1.165, 1.54) is 12.1 Å². The van der Waals surface area contributed by atoms with Crippen LogP contribution in [0.5, 0.6) is 0 Å². The van der Waals surface area contributed by atoms with Gasteiger partial charge in [-0.2, -0.15) is 4.98 Å². The van der Waals surface area contributed by atoms with Crippen molar-refractivity contribution < 1.29 is 9.18 Å². The lowest BCUT2D eigenvalue weighted by atomic mass is 9.86. The maximum absolute atomic E-state index is 13.1. The third-order valence-electron chi connectivity index (χ3n) is 6.68. The van der Waals surface area contributed by atoms with Gasteiger partial charge in [-0.15, -0.1) is 0 Å². The molecule has 37 heavy (non-hydrogen) atoms. The molecule has 1 saturated heterocycles. The summed E-state index contributed by atoms with van der Waals surface area (Å²) in [6, 6.07) is 25.2. The van der Waals surface area contributed by atoms with Gasteiger partial charge in [-0.05, 0) is 78.9 Å². The maximum atomic E-state index is 13.1. The average molecular weight is 497 g/mol. The Balaban J connectivity index is 1.16. The summed E-state index contributed by atoms with van der Waals surface area (Å²) in [6.07, 6.45) is 3.41. The van der Waals surface area contributed by atoms with Crippen LogP contribution in [0.25, 0.3) is 0 Å². The van der Waals surface area contributed by atoms with Crippen LogP contribution in [0.15, 0.2) is 91.1 Å². The van der Waals surface area contributed by atoms with E-state index in [2.05, 4.69) is 32.7 Å². The van der Waals surface area contributed by atoms with Crippen LogP contribution >= 0.6 is 0 Å². The fourth-order valence-electron chi connectivity index (χ4n) is 4.59. The minimum atomic E-state index is -0.297. The van der Waals surface area contributed by atoms with E-state index in [-0.39, 0.29) is 17.8 Å². The van der Waals surface area contributed by atoms with Crippen LogP contribution in [0, 0.1) is 11.7 Å². The number of halogens is 1. The molecule has 4 aromatic rings. The first kappa shape index (κ1) is 24.4. The quantitative estimate of drug-likeness (QED) is 0.306. The SMILES string of the molecule is N[C@H](c1ccccc1)C1CCN(C(=O)c2ccc(Nc3nccc(Nc4ccc(F)cc4)n3)cc2)CC1. The van der Waals surface area contributed by atoms with Crippen LogP contribution in [-0.2, 0) is 0 Å². The number of nitrogens with one attached hydrogen (secondary N) is 2. The Morgan fingerprint density at radius 3 is 2.24 bits per heavy atom. The van der Waals surface area contributed by atoms with Crippen molar-refractivity contribution in [1.82, 2.24) is 14.9 Å². The number of hydrogen-bond donors (Lipinski definition) is 3. The molecule has 4 N–H and O–H groups in total. The van der Waals surface area contributed by atoms with Crippen LogP contribution < -0.4 is 16.4 Å². The predicted molar refractivity (Wildman–Crippen MR) is 143 cm³/mol. The highest BCUT2D eigenvalue weighted by atomic mass is 19.1. The van der Waals surface area contributed by atoms with Crippen molar-refractivity contribution in [1.29, 1.82) is 0 Å². The largest absolute Gasteiger partial charge is 0.340 e. The molecule has 1 aliphatic heterocycles.